The number of fused-ring (bicyclic) bond motifs is 1. The second-order valence-electron chi connectivity index (χ2n) is 7.10. The van der Waals surface area contributed by atoms with Crippen molar-refractivity contribution >= 4 is 17.2 Å². The highest BCUT2D eigenvalue weighted by Crippen LogP contribution is 2.30. The lowest BCUT2D eigenvalue weighted by atomic mass is 9.98. The number of thiophene rings is 1. The number of aryl methyl sites for hydroxylation is 1. The third-order valence-corrected chi connectivity index (χ3v) is 6.22. The molecule has 1 amide bonds. The number of nitrogens with zero attached hydrogens (tertiary/aromatic N) is 1. The van der Waals surface area contributed by atoms with E-state index in [1.54, 1.807) is 11.3 Å². The molecule has 4 rings (SSSR count). The van der Waals surface area contributed by atoms with E-state index < -0.39 is 0 Å². The average Bonchev–Trinajstić information content (AvgIpc) is 3.23. The molecule has 2 heterocycles. The number of hydrogen-bond donors (Lipinski definition) is 1. The molecule has 0 spiro atoms. The van der Waals surface area contributed by atoms with Gasteiger partial charge in [0.1, 0.15) is 0 Å². The van der Waals surface area contributed by atoms with Crippen molar-refractivity contribution in [1.29, 1.82) is 0 Å². The minimum absolute atomic E-state index is 0.00559. The van der Waals surface area contributed by atoms with E-state index in [4.69, 9.17) is 0 Å². The smallest absolute Gasteiger partial charge is 0.251 e. The van der Waals surface area contributed by atoms with Crippen LogP contribution in [-0.4, -0.2) is 23.9 Å². The zero-order valence-corrected chi connectivity index (χ0v) is 16.3. The van der Waals surface area contributed by atoms with Gasteiger partial charge in [-0.1, -0.05) is 48.0 Å². The van der Waals surface area contributed by atoms with Crippen molar-refractivity contribution in [2.75, 3.05) is 13.1 Å². The Morgan fingerprint density at radius 2 is 1.85 bits per heavy atom. The molecule has 1 aromatic heterocycles. The highest BCUT2D eigenvalue weighted by molar-refractivity contribution is 7.10. The molecule has 1 aliphatic heterocycles. The standard InChI is InChI=1S/C23H24N2OS/c1-17-8-10-19(11-9-17)23(26)24-15-21(22-7-4-14-27-22)25-13-12-18-5-2-3-6-20(18)16-25/h2-11,14,21H,12-13,15-16H2,1H3,(H,24,26)/t21-/m1/s1. The number of amides is 1. The fraction of sp³-hybridized carbons (Fsp3) is 0.261. The van der Waals surface area contributed by atoms with E-state index in [9.17, 15) is 4.79 Å². The van der Waals surface area contributed by atoms with Gasteiger partial charge in [-0.05, 0) is 48.1 Å². The third kappa shape index (κ3) is 4.12. The molecule has 0 bridgehead atoms. The van der Waals surface area contributed by atoms with Crippen molar-refractivity contribution in [2.45, 2.75) is 25.9 Å². The number of hydrogen-bond acceptors (Lipinski definition) is 3. The van der Waals surface area contributed by atoms with E-state index in [1.165, 1.54) is 16.0 Å². The highest BCUT2D eigenvalue weighted by atomic mass is 32.1. The molecule has 138 valence electrons. The molecule has 0 radical (unpaired) electrons. The molecular weight excluding hydrogens is 352 g/mol. The molecule has 3 nitrogen and oxygen atoms in total. The molecule has 3 aromatic rings. The van der Waals surface area contributed by atoms with Crippen molar-refractivity contribution in [3.63, 3.8) is 0 Å². The van der Waals surface area contributed by atoms with Crippen molar-refractivity contribution in [3.8, 4) is 0 Å². The zero-order chi connectivity index (χ0) is 18.6. The second-order valence-corrected chi connectivity index (χ2v) is 8.08. The van der Waals surface area contributed by atoms with Gasteiger partial charge in [-0.25, -0.2) is 0 Å². The fourth-order valence-corrected chi connectivity index (χ4v) is 4.53. The largest absolute Gasteiger partial charge is 0.350 e. The molecule has 0 saturated heterocycles. The third-order valence-electron chi connectivity index (χ3n) is 5.24. The van der Waals surface area contributed by atoms with Crippen molar-refractivity contribution in [3.05, 3.63) is 93.2 Å². The summed E-state index contributed by atoms with van der Waals surface area (Å²) in [5.74, 6) is -0.00559. The second kappa shape index (κ2) is 8.07. The maximum Gasteiger partial charge on any atom is 0.251 e. The number of benzene rings is 2. The first-order valence-electron chi connectivity index (χ1n) is 9.40. The van der Waals surface area contributed by atoms with E-state index in [-0.39, 0.29) is 11.9 Å². The zero-order valence-electron chi connectivity index (χ0n) is 15.5. The summed E-state index contributed by atoms with van der Waals surface area (Å²) in [6.07, 6.45) is 1.06. The SMILES string of the molecule is Cc1ccc(C(=O)NC[C@H](c2cccs2)N2CCc3ccccc3C2)cc1. The Balaban J connectivity index is 1.49. The monoisotopic (exact) mass is 376 g/mol. The van der Waals surface area contributed by atoms with Crippen LogP contribution in [0.25, 0.3) is 0 Å². The van der Waals surface area contributed by atoms with E-state index in [0.29, 0.717) is 6.54 Å². The van der Waals surface area contributed by atoms with Crippen molar-refractivity contribution < 1.29 is 4.79 Å². The Kier molecular flexibility index (Phi) is 5.37. The van der Waals surface area contributed by atoms with Gasteiger partial charge in [0.25, 0.3) is 5.91 Å². The Morgan fingerprint density at radius 1 is 1.07 bits per heavy atom. The van der Waals surface area contributed by atoms with Gasteiger partial charge in [-0.15, -0.1) is 11.3 Å². The summed E-state index contributed by atoms with van der Waals surface area (Å²) >= 11 is 1.76. The van der Waals surface area contributed by atoms with Crippen LogP contribution in [-0.2, 0) is 13.0 Å². The number of nitrogens with one attached hydrogen (secondary N) is 1. The van der Waals surface area contributed by atoms with E-state index in [0.717, 1.165) is 30.6 Å². The minimum Gasteiger partial charge on any atom is -0.350 e. The van der Waals surface area contributed by atoms with Crippen molar-refractivity contribution in [1.82, 2.24) is 10.2 Å². The fourth-order valence-electron chi connectivity index (χ4n) is 3.67. The Morgan fingerprint density at radius 3 is 2.59 bits per heavy atom. The summed E-state index contributed by atoms with van der Waals surface area (Å²) in [4.78, 5) is 16.4. The van der Waals surface area contributed by atoms with Gasteiger partial charge in [-0.3, -0.25) is 9.69 Å². The lowest BCUT2D eigenvalue weighted by molar-refractivity contribution is 0.0929. The van der Waals surface area contributed by atoms with Crippen LogP contribution in [0.3, 0.4) is 0 Å². The Labute approximate surface area is 164 Å². The molecule has 0 fully saturated rings. The normalized spacial score (nSPS) is 15.1. The summed E-state index contributed by atoms with van der Waals surface area (Å²) in [5, 5.41) is 5.27. The Hall–Kier alpha value is -2.43. The number of rotatable bonds is 5. The average molecular weight is 377 g/mol. The summed E-state index contributed by atoms with van der Waals surface area (Å²) in [6.45, 7) is 4.59. The molecule has 0 saturated carbocycles. The lowest BCUT2D eigenvalue weighted by Gasteiger charge is -2.35. The highest BCUT2D eigenvalue weighted by Gasteiger charge is 2.26. The molecule has 2 aromatic carbocycles. The van der Waals surface area contributed by atoms with Gasteiger partial charge in [0.05, 0.1) is 6.04 Å². The first-order valence-corrected chi connectivity index (χ1v) is 10.3. The molecule has 0 unspecified atom stereocenters. The van der Waals surface area contributed by atoms with Crippen LogP contribution < -0.4 is 5.32 Å². The molecule has 27 heavy (non-hydrogen) atoms. The van der Waals surface area contributed by atoms with E-state index in [1.807, 2.05) is 31.2 Å². The van der Waals surface area contributed by atoms with Crippen LogP contribution in [0, 0.1) is 6.92 Å². The molecule has 1 atom stereocenters. The first kappa shape index (κ1) is 18.0. The lowest BCUT2D eigenvalue weighted by Crippen LogP contribution is -2.40. The van der Waals surface area contributed by atoms with E-state index in [2.05, 4.69) is 52.0 Å². The number of carbonyl (C=O) groups is 1. The van der Waals surface area contributed by atoms with Gasteiger partial charge >= 0.3 is 0 Å². The predicted octanol–water partition coefficient (Wildman–Crippen LogP) is 4.59. The topological polar surface area (TPSA) is 32.3 Å². The quantitative estimate of drug-likeness (QED) is 0.707. The van der Waals surface area contributed by atoms with Crippen LogP contribution in [0.4, 0.5) is 0 Å². The molecular formula is C23H24N2OS. The summed E-state index contributed by atoms with van der Waals surface area (Å²) in [5.41, 5.74) is 4.72. The van der Waals surface area contributed by atoms with Gasteiger partial charge in [0.2, 0.25) is 0 Å². The summed E-state index contributed by atoms with van der Waals surface area (Å²) in [7, 11) is 0. The van der Waals surface area contributed by atoms with Crippen LogP contribution in [0.1, 0.15) is 38.0 Å². The minimum atomic E-state index is -0.00559. The summed E-state index contributed by atoms with van der Waals surface area (Å²) < 4.78 is 0. The van der Waals surface area contributed by atoms with E-state index >= 15 is 0 Å². The van der Waals surface area contributed by atoms with Crippen molar-refractivity contribution in [2.24, 2.45) is 0 Å². The molecule has 1 aliphatic rings. The molecule has 0 aliphatic carbocycles. The van der Waals surface area contributed by atoms with Gasteiger partial charge in [0, 0.05) is 30.1 Å². The van der Waals surface area contributed by atoms with Gasteiger partial charge in [-0.2, -0.15) is 0 Å². The van der Waals surface area contributed by atoms with Crippen LogP contribution in [0.2, 0.25) is 0 Å². The summed E-state index contributed by atoms with van der Waals surface area (Å²) in [6, 6.07) is 20.9. The molecule has 4 heteroatoms. The van der Waals surface area contributed by atoms with Crippen LogP contribution in [0.5, 0.6) is 0 Å². The predicted molar refractivity (Wildman–Crippen MR) is 111 cm³/mol. The van der Waals surface area contributed by atoms with Crippen LogP contribution >= 0.6 is 11.3 Å². The first-order chi connectivity index (χ1) is 13.2. The van der Waals surface area contributed by atoms with Gasteiger partial charge < -0.3 is 5.32 Å². The Bertz CT molecular complexity index is 902. The van der Waals surface area contributed by atoms with Gasteiger partial charge in [0.15, 0.2) is 0 Å². The number of carbonyl (C=O) groups excluding carboxylic acids is 1. The maximum absolute atomic E-state index is 12.6. The molecule has 1 N–H and O–H groups in total. The maximum atomic E-state index is 12.6. The van der Waals surface area contributed by atoms with Crippen LogP contribution in [0.15, 0.2) is 66.0 Å².